The normalized spacial score (nSPS) is 11.6. The Hall–Kier alpha value is -1.71. The lowest BCUT2D eigenvalue weighted by molar-refractivity contribution is 0.102. The van der Waals surface area contributed by atoms with Crippen molar-refractivity contribution in [3.63, 3.8) is 0 Å². The Balaban J connectivity index is 2.24. The molecule has 0 bridgehead atoms. The first-order valence-electron chi connectivity index (χ1n) is 6.18. The predicted octanol–water partition coefficient (Wildman–Crippen LogP) is 1.90. The molecule has 0 aliphatic heterocycles. The third-order valence-electron chi connectivity index (χ3n) is 2.59. The molecule has 0 saturated heterocycles. The SMILES string of the molecule is CCNS(=O)(=O)c1cc(C(=O)Nc2cc(C)on2)sc1C. The van der Waals surface area contributed by atoms with Crippen LogP contribution in [0.2, 0.25) is 0 Å². The zero-order valence-corrected chi connectivity index (χ0v) is 13.4. The topological polar surface area (TPSA) is 101 Å². The van der Waals surface area contributed by atoms with Crippen LogP contribution in [0, 0.1) is 13.8 Å². The van der Waals surface area contributed by atoms with Gasteiger partial charge < -0.3 is 9.84 Å². The molecule has 7 nitrogen and oxygen atoms in total. The number of carbonyl (C=O) groups is 1. The quantitative estimate of drug-likeness (QED) is 0.872. The number of aryl methyl sites for hydroxylation is 2. The van der Waals surface area contributed by atoms with E-state index in [0.29, 0.717) is 21.3 Å². The lowest BCUT2D eigenvalue weighted by Crippen LogP contribution is -2.23. The standard InChI is InChI=1S/C12H15N3O4S2/c1-4-13-21(17,18)10-6-9(20-8(10)3)12(16)14-11-5-7(2)19-15-11/h5-6,13H,4H2,1-3H3,(H,14,15,16). The molecular formula is C12H15N3O4S2. The van der Waals surface area contributed by atoms with Gasteiger partial charge in [-0.2, -0.15) is 0 Å². The number of aromatic nitrogens is 1. The molecule has 9 heteroatoms. The highest BCUT2D eigenvalue weighted by atomic mass is 32.2. The van der Waals surface area contributed by atoms with E-state index in [1.165, 1.54) is 6.07 Å². The first kappa shape index (κ1) is 15.7. The number of nitrogens with one attached hydrogen (secondary N) is 2. The van der Waals surface area contributed by atoms with Crippen LogP contribution in [0.4, 0.5) is 5.82 Å². The maximum Gasteiger partial charge on any atom is 0.267 e. The second-order valence-corrected chi connectivity index (χ2v) is 7.30. The first-order chi connectivity index (χ1) is 9.83. The highest BCUT2D eigenvalue weighted by Gasteiger charge is 2.22. The van der Waals surface area contributed by atoms with E-state index in [1.807, 2.05) is 0 Å². The van der Waals surface area contributed by atoms with Crippen LogP contribution >= 0.6 is 11.3 Å². The van der Waals surface area contributed by atoms with Gasteiger partial charge in [-0.3, -0.25) is 4.79 Å². The van der Waals surface area contributed by atoms with Gasteiger partial charge >= 0.3 is 0 Å². The molecular weight excluding hydrogens is 314 g/mol. The van der Waals surface area contributed by atoms with Crippen molar-refractivity contribution in [3.05, 3.63) is 27.6 Å². The third-order valence-corrected chi connectivity index (χ3v) is 5.44. The summed E-state index contributed by atoms with van der Waals surface area (Å²) in [6.07, 6.45) is 0. The zero-order valence-electron chi connectivity index (χ0n) is 11.8. The largest absolute Gasteiger partial charge is 0.360 e. The van der Waals surface area contributed by atoms with Gasteiger partial charge in [-0.15, -0.1) is 11.3 Å². The van der Waals surface area contributed by atoms with Crippen LogP contribution in [-0.2, 0) is 10.0 Å². The summed E-state index contributed by atoms with van der Waals surface area (Å²) in [5.41, 5.74) is 0. The Kier molecular flexibility index (Phi) is 4.45. The summed E-state index contributed by atoms with van der Waals surface area (Å²) in [6, 6.07) is 2.94. The van der Waals surface area contributed by atoms with Gasteiger partial charge in [0.1, 0.15) is 5.76 Å². The van der Waals surface area contributed by atoms with Crippen molar-refractivity contribution in [2.45, 2.75) is 25.7 Å². The number of hydrogen-bond acceptors (Lipinski definition) is 6. The molecule has 0 atom stereocenters. The van der Waals surface area contributed by atoms with Gasteiger partial charge in [-0.25, -0.2) is 13.1 Å². The fraction of sp³-hybridized carbons (Fsp3) is 0.333. The fourth-order valence-corrected chi connectivity index (χ4v) is 4.24. The van der Waals surface area contributed by atoms with Crippen molar-refractivity contribution in [1.82, 2.24) is 9.88 Å². The molecule has 0 radical (unpaired) electrons. The second kappa shape index (κ2) is 5.96. The Labute approximate surface area is 126 Å². The third kappa shape index (κ3) is 3.49. The Morgan fingerprint density at radius 1 is 1.38 bits per heavy atom. The molecule has 2 heterocycles. The van der Waals surface area contributed by atoms with Crippen molar-refractivity contribution in [2.24, 2.45) is 0 Å². The van der Waals surface area contributed by atoms with Crippen molar-refractivity contribution >= 4 is 33.1 Å². The van der Waals surface area contributed by atoms with E-state index in [4.69, 9.17) is 4.52 Å². The highest BCUT2D eigenvalue weighted by molar-refractivity contribution is 7.89. The van der Waals surface area contributed by atoms with Crippen LogP contribution in [-0.4, -0.2) is 26.0 Å². The first-order valence-corrected chi connectivity index (χ1v) is 8.48. The van der Waals surface area contributed by atoms with Crippen LogP contribution in [0.25, 0.3) is 0 Å². The molecule has 2 aromatic rings. The molecule has 0 aliphatic rings. The molecule has 2 N–H and O–H groups in total. The number of anilines is 1. The highest BCUT2D eigenvalue weighted by Crippen LogP contribution is 2.26. The molecule has 0 unspecified atom stereocenters. The molecule has 1 amide bonds. The summed E-state index contributed by atoms with van der Waals surface area (Å²) in [7, 11) is -3.58. The molecule has 21 heavy (non-hydrogen) atoms. The number of rotatable bonds is 5. The summed E-state index contributed by atoms with van der Waals surface area (Å²) >= 11 is 1.11. The van der Waals surface area contributed by atoms with E-state index in [2.05, 4.69) is 15.2 Å². The van der Waals surface area contributed by atoms with Crippen LogP contribution in [0.5, 0.6) is 0 Å². The number of carbonyl (C=O) groups excluding carboxylic acids is 1. The number of hydrogen-bond donors (Lipinski definition) is 2. The zero-order chi connectivity index (χ0) is 15.6. The van der Waals surface area contributed by atoms with E-state index in [-0.39, 0.29) is 11.4 Å². The molecule has 0 aromatic carbocycles. The molecule has 0 saturated carbocycles. The van der Waals surface area contributed by atoms with Crippen molar-refractivity contribution in [3.8, 4) is 0 Å². The molecule has 114 valence electrons. The molecule has 0 aliphatic carbocycles. The minimum absolute atomic E-state index is 0.121. The number of amides is 1. The minimum Gasteiger partial charge on any atom is -0.360 e. The van der Waals surface area contributed by atoms with E-state index < -0.39 is 15.9 Å². The monoisotopic (exact) mass is 329 g/mol. The van der Waals surface area contributed by atoms with Gasteiger partial charge in [-0.1, -0.05) is 12.1 Å². The van der Waals surface area contributed by atoms with Gasteiger partial charge in [-0.05, 0) is 19.9 Å². The Morgan fingerprint density at radius 2 is 2.10 bits per heavy atom. The predicted molar refractivity (Wildman–Crippen MR) is 79.1 cm³/mol. The van der Waals surface area contributed by atoms with Crippen molar-refractivity contribution < 1.29 is 17.7 Å². The van der Waals surface area contributed by atoms with Crippen LogP contribution in [0.3, 0.4) is 0 Å². The van der Waals surface area contributed by atoms with Gasteiger partial charge in [0.15, 0.2) is 5.82 Å². The summed E-state index contributed by atoms with van der Waals surface area (Å²) in [5.74, 6) is 0.442. The van der Waals surface area contributed by atoms with Crippen LogP contribution in [0.1, 0.15) is 27.2 Å². The number of nitrogens with zero attached hydrogens (tertiary/aromatic N) is 1. The number of sulfonamides is 1. The molecule has 0 spiro atoms. The molecule has 2 aromatic heterocycles. The average molecular weight is 329 g/mol. The Morgan fingerprint density at radius 3 is 2.67 bits per heavy atom. The lowest BCUT2D eigenvalue weighted by atomic mass is 10.4. The van der Waals surface area contributed by atoms with Crippen molar-refractivity contribution in [1.29, 1.82) is 0 Å². The van der Waals surface area contributed by atoms with E-state index in [1.54, 1.807) is 26.8 Å². The van der Waals surface area contributed by atoms with Crippen LogP contribution < -0.4 is 10.0 Å². The van der Waals surface area contributed by atoms with E-state index >= 15 is 0 Å². The maximum atomic E-state index is 12.1. The maximum absolute atomic E-state index is 12.1. The molecule has 2 rings (SSSR count). The Bertz CT molecular complexity index is 761. The van der Waals surface area contributed by atoms with Gasteiger partial charge in [0.05, 0.1) is 9.77 Å². The summed E-state index contributed by atoms with van der Waals surface area (Å²) < 4.78 is 31.2. The minimum atomic E-state index is -3.58. The average Bonchev–Trinajstić information content (AvgIpc) is 2.96. The summed E-state index contributed by atoms with van der Waals surface area (Å²) in [5, 5.41) is 6.21. The lowest BCUT2D eigenvalue weighted by Gasteiger charge is -2.02. The van der Waals surface area contributed by atoms with Gasteiger partial charge in [0, 0.05) is 17.5 Å². The second-order valence-electron chi connectivity index (χ2n) is 4.31. The van der Waals surface area contributed by atoms with Gasteiger partial charge in [0.2, 0.25) is 10.0 Å². The smallest absolute Gasteiger partial charge is 0.267 e. The summed E-state index contributed by atoms with van der Waals surface area (Å²) in [6.45, 7) is 5.35. The van der Waals surface area contributed by atoms with Gasteiger partial charge in [0.25, 0.3) is 5.91 Å². The molecule has 0 fully saturated rings. The van der Waals surface area contributed by atoms with Crippen LogP contribution in [0.15, 0.2) is 21.6 Å². The summed E-state index contributed by atoms with van der Waals surface area (Å²) in [4.78, 5) is 13.0. The van der Waals surface area contributed by atoms with Crippen molar-refractivity contribution in [2.75, 3.05) is 11.9 Å². The number of thiophene rings is 1. The van der Waals surface area contributed by atoms with E-state index in [9.17, 15) is 13.2 Å². The fourth-order valence-electron chi connectivity index (χ4n) is 1.72. The van der Waals surface area contributed by atoms with E-state index in [0.717, 1.165) is 11.3 Å².